The summed E-state index contributed by atoms with van der Waals surface area (Å²) in [7, 11) is 0. The second-order valence-corrected chi connectivity index (χ2v) is 9.47. The number of pyridine rings is 3. The molecule has 0 radical (unpaired) electrons. The lowest BCUT2D eigenvalue weighted by Crippen LogP contribution is -2.28. The van der Waals surface area contributed by atoms with Crippen molar-refractivity contribution in [1.29, 1.82) is 5.41 Å². The van der Waals surface area contributed by atoms with Crippen molar-refractivity contribution in [1.82, 2.24) is 14.5 Å². The Labute approximate surface area is 217 Å². The van der Waals surface area contributed by atoms with Gasteiger partial charge in [-0.3, -0.25) is 14.3 Å². The van der Waals surface area contributed by atoms with Crippen LogP contribution < -0.4 is 15.6 Å². The molecule has 190 valence electrons. The number of nitrogens with zero attached hydrogens (tertiary/aromatic N) is 3. The average molecular weight is 534 g/mol. The first-order chi connectivity index (χ1) is 16.8. The number of hydrogen-bond donors (Lipinski definition) is 3. The predicted octanol–water partition coefficient (Wildman–Crippen LogP) is 5.29. The lowest BCUT2D eigenvalue weighted by Gasteiger charge is -2.19. The SMILES string of the molecule is Cc1cnc(N/C=C\C(=N)C(C)(C)O)c(C)c1-n1c(C)cc(OCc2ncc(F)cc2Cl)c(Cl)c1=O. The molecule has 3 heterocycles. The van der Waals surface area contributed by atoms with E-state index in [0.717, 1.165) is 17.8 Å². The molecule has 0 fully saturated rings. The fourth-order valence-electron chi connectivity index (χ4n) is 3.38. The standard InChI is InChI=1S/C25H26Cl2FN5O3/c1-13-10-32-23(30-7-6-20(29)25(4,5)35)15(3)22(13)33-14(2)8-19(21(27)24(33)34)36-12-18-17(26)9-16(28)11-31-18/h6-11,29,35H,12H2,1-5H3,(H,30,32)/b7-6-,29-20?. The van der Waals surface area contributed by atoms with E-state index < -0.39 is 17.0 Å². The van der Waals surface area contributed by atoms with Gasteiger partial charge in [-0.1, -0.05) is 23.2 Å². The van der Waals surface area contributed by atoms with Crippen LogP contribution in [-0.4, -0.2) is 31.0 Å². The van der Waals surface area contributed by atoms with Gasteiger partial charge < -0.3 is 20.6 Å². The Morgan fingerprint density at radius 2 is 1.94 bits per heavy atom. The Balaban J connectivity index is 1.95. The summed E-state index contributed by atoms with van der Waals surface area (Å²) in [6, 6.07) is 2.75. The number of aromatic nitrogens is 3. The van der Waals surface area contributed by atoms with Crippen LogP contribution in [0.4, 0.5) is 10.2 Å². The number of rotatable bonds is 8. The zero-order valence-corrected chi connectivity index (χ0v) is 21.9. The van der Waals surface area contributed by atoms with Crippen LogP contribution in [-0.2, 0) is 6.61 Å². The highest BCUT2D eigenvalue weighted by Gasteiger charge is 2.20. The maximum Gasteiger partial charge on any atom is 0.277 e. The first-order valence-electron chi connectivity index (χ1n) is 10.9. The van der Waals surface area contributed by atoms with Gasteiger partial charge in [0.25, 0.3) is 5.56 Å². The summed E-state index contributed by atoms with van der Waals surface area (Å²) in [4.78, 5) is 21.6. The van der Waals surface area contributed by atoms with E-state index in [4.69, 9.17) is 33.3 Å². The highest BCUT2D eigenvalue weighted by molar-refractivity contribution is 6.32. The number of halogens is 3. The van der Waals surface area contributed by atoms with Crippen LogP contribution in [0.15, 0.2) is 41.6 Å². The molecule has 0 amide bonds. The number of hydrogen-bond acceptors (Lipinski definition) is 7. The molecule has 3 rings (SSSR count). The second kappa shape index (κ2) is 10.8. The molecule has 0 bridgehead atoms. The quantitative estimate of drug-likeness (QED) is 0.339. The zero-order valence-electron chi connectivity index (χ0n) is 20.4. The van der Waals surface area contributed by atoms with Gasteiger partial charge in [-0.05, 0) is 52.3 Å². The maximum atomic E-state index is 13.3. The first kappa shape index (κ1) is 27.3. The molecule has 3 aromatic heterocycles. The summed E-state index contributed by atoms with van der Waals surface area (Å²) in [5, 5.41) is 20.8. The second-order valence-electron chi connectivity index (χ2n) is 8.69. The van der Waals surface area contributed by atoms with Gasteiger partial charge in [0.2, 0.25) is 0 Å². The van der Waals surface area contributed by atoms with Crippen LogP contribution in [0.5, 0.6) is 5.75 Å². The molecule has 0 atom stereocenters. The monoisotopic (exact) mass is 533 g/mol. The largest absolute Gasteiger partial charge is 0.485 e. The maximum absolute atomic E-state index is 13.3. The van der Waals surface area contributed by atoms with Crippen molar-refractivity contribution >= 4 is 34.7 Å². The normalized spacial score (nSPS) is 11.7. The van der Waals surface area contributed by atoms with Crippen LogP contribution in [0.3, 0.4) is 0 Å². The smallest absolute Gasteiger partial charge is 0.277 e. The van der Waals surface area contributed by atoms with Gasteiger partial charge in [-0.2, -0.15) is 0 Å². The highest BCUT2D eigenvalue weighted by atomic mass is 35.5. The first-order valence-corrected chi connectivity index (χ1v) is 11.6. The van der Waals surface area contributed by atoms with Gasteiger partial charge in [0.1, 0.15) is 34.6 Å². The molecular weight excluding hydrogens is 508 g/mol. The molecule has 0 saturated carbocycles. The third-order valence-corrected chi connectivity index (χ3v) is 6.05. The summed E-state index contributed by atoms with van der Waals surface area (Å²) in [6.45, 7) is 8.30. The summed E-state index contributed by atoms with van der Waals surface area (Å²) in [5.74, 6) is 0.0479. The minimum atomic E-state index is -1.28. The van der Waals surface area contributed by atoms with Gasteiger partial charge in [0, 0.05) is 29.7 Å². The fraction of sp³-hybridized carbons (Fsp3) is 0.280. The Morgan fingerprint density at radius 3 is 2.58 bits per heavy atom. The van der Waals surface area contributed by atoms with E-state index in [2.05, 4.69) is 15.3 Å². The molecule has 0 aliphatic heterocycles. The van der Waals surface area contributed by atoms with Gasteiger partial charge in [-0.15, -0.1) is 0 Å². The van der Waals surface area contributed by atoms with E-state index >= 15 is 0 Å². The Kier molecular flexibility index (Phi) is 8.18. The molecule has 11 heteroatoms. The molecule has 3 aromatic rings. The summed E-state index contributed by atoms with van der Waals surface area (Å²) in [5.41, 5.74) is 1.12. The molecule has 0 aliphatic carbocycles. The van der Waals surface area contributed by atoms with Crippen LogP contribution in [0.1, 0.15) is 36.4 Å². The van der Waals surface area contributed by atoms with E-state index in [1.165, 1.54) is 30.7 Å². The average Bonchev–Trinajstić information content (AvgIpc) is 2.79. The van der Waals surface area contributed by atoms with Crippen molar-refractivity contribution in [2.24, 2.45) is 0 Å². The van der Waals surface area contributed by atoms with Gasteiger partial charge in [-0.25, -0.2) is 9.37 Å². The van der Waals surface area contributed by atoms with Crippen LogP contribution >= 0.6 is 23.2 Å². The lowest BCUT2D eigenvalue weighted by molar-refractivity contribution is 0.154. The van der Waals surface area contributed by atoms with Gasteiger partial charge in [0.05, 0.1) is 28.3 Å². The number of aliphatic hydroxyl groups is 1. The van der Waals surface area contributed by atoms with E-state index in [0.29, 0.717) is 28.5 Å². The molecule has 0 unspecified atom stereocenters. The molecule has 36 heavy (non-hydrogen) atoms. The third kappa shape index (κ3) is 5.92. The van der Waals surface area contributed by atoms with E-state index in [1.54, 1.807) is 26.1 Å². The van der Waals surface area contributed by atoms with E-state index in [-0.39, 0.29) is 28.1 Å². The Hall–Kier alpha value is -3.27. The van der Waals surface area contributed by atoms with Crippen molar-refractivity contribution in [3.63, 3.8) is 0 Å². The lowest BCUT2D eigenvalue weighted by atomic mass is 10.0. The molecular formula is C25H26Cl2FN5O3. The summed E-state index contributed by atoms with van der Waals surface area (Å²) >= 11 is 12.4. The molecule has 3 N–H and O–H groups in total. The van der Waals surface area contributed by atoms with Crippen molar-refractivity contribution in [2.75, 3.05) is 5.32 Å². The number of anilines is 1. The minimum Gasteiger partial charge on any atom is -0.485 e. The molecule has 0 spiro atoms. The minimum absolute atomic E-state index is 0.0200. The number of aryl methyl sites for hydroxylation is 2. The molecule has 0 aliphatic rings. The Bertz CT molecular complexity index is 1410. The highest BCUT2D eigenvalue weighted by Crippen LogP contribution is 2.29. The molecule has 8 nitrogen and oxygen atoms in total. The fourth-order valence-corrected chi connectivity index (χ4v) is 3.79. The van der Waals surface area contributed by atoms with Crippen molar-refractivity contribution < 1.29 is 14.2 Å². The van der Waals surface area contributed by atoms with Crippen molar-refractivity contribution in [3.8, 4) is 11.4 Å². The van der Waals surface area contributed by atoms with Crippen molar-refractivity contribution in [3.05, 3.63) is 85.5 Å². The summed E-state index contributed by atoms with van der Waals surface area (Å²) in [6.07, 6.45) is 5.58. The predicted molar refractivity (Wildman–Crippen MR) is 139 cm³/mol. The van der Waals surface area contributed by atoms with Crippen LogP contribution in [0.25, 0.3) is 5.69 Å². The molecule has 0 saturated heterocycles. The van der Waals surface area contributed by atoms with Gasteiger partial charge >= 0.3 is 0 Å². The molecule has 0 aromatic carbocycles. The van der Waals surface area contributed by atoms with Crippen molar-refractivity contribution in [2.45, 2.75) is 46.8 Å². The Morgan fingerprint density at radius 1 is 1.25 bits per heavy atom. The topological polar surface area (TPSA) is 113 Å². The van der Waals surface area contributed by atoms with Crippen LogP contribution in [0.2, 0.25) is 10.0 Å². The summed E-state index contributed by atoms with van der Waals surface area (Å²) < 4.78 is 20.4. The van der Waals surface area contributed by atoms with Crippen LogP contribution in [0, 0.1) is 32.0 Å². The van der Waals surface area contributed by atoms with E-state index in [1.807, 2.05) is 6.92 Å². The zero-order chi connectivity index (χ0) is 26.8. The third-order valence-electron chi connectivity index (χ3n) is 5.37. The number of nitrogens with one attached hydrogen (secondary N) is 2. The number of ether oxygens (including phenoxy) is 1. The van der Waals surface area contributed by atoms with E-state index in [9.17, 15) is 14.3 Å². The van der Waals surface area contributed by atoms with Gasteiger partial charge in [0.15, 0.2) is 0 Å².